The minimum atomic E-state index is -0.564. The lowest BCUT2D eigenvalue weighted by atomic mass is 10.2. The average molecular weight is 357 g/mol. The molecule has 0 spiro atoms. The molecule has 2 amide bonds. The van der Waals surface area contributed by atoms with Crippen LogP contribution >= 0.6 is 11.6 Å². The Morgan fingerprint density at radius 2 is 2.00 bits per heavy atom. The van der Waals surface area contributed by atoms with Gasteiger partial charge >= 0.3 is 12.2 Å². The Bertz CT molecular complexity index is 558. The fourth-order valence-corrected chi connectivity index (χ4v) is 2.13. The number of hydrogen-bond acceptors (Lipinski definition) is 4. The van der Waals surface area contributed by atoms with Crippen molar-refractivity contribution < 1.29 is 19.1 Å². The topological polar surface area (TPSA) is 67.9 Å². The molecular formula is C17H25ClN2O4. The van der Waals surface area contributed by atoms with Crippen LogP contribution in [0.5, 0.6) is 0 Å². The Kier molecular flexibility index (Phi) is 7.85. The summed E-state index contributed by atoms with van der Waals surface area (Å²) in [6, 6.07) is 7.25. The van der Waals surface area contributed by atoms with Gasteiger partial charge in [-0.05, 0) is 45.4 Å². The number of nitrogens with zero attached hydrogens (tertiary/aromatic N) is 1. The van der Waals surface area contributed by atoms with Gasteiger partial charge in [0.1, 0.15) is 5.60 Å². The van der Waals surface area contributed by atoms with Gasteiger partial charge in [-0.1, -0.05) is 23.7 Å². The van der Waals surface area contributed by atoms with E-state index in [1.807, 2.05) is 12.1 Å². The summed E-state index contributed by atoms with van der Waals surface area (Å²) in [7, 11) is 0. The zero-order valence-electron chi connectivity index (χ0n) is 14.6. The highest BCUT2D eigenvalue weighted by Gasteiger charge is 2.18. The fraction of sp³-hybridized carbons (Fsp3) is 0.529. The maximum atomic E-state index is 12.1. The molecule has 0 aliphatic rings. The predicted octanol–water partition coefficient (Wildman–Crippen LogP) is 3.82. The second kappa shape index (κ2) is 9.37. The number of nitrogens with one attached hydrogen (secondary N) is 1. The van der Waals surface area contributed by atoms with Crippen LogP contribution in [0.25, 0.3) is 0 Å². The molecule has 134 valence electrons. The van der Waals surface area contributed by atoms with E-state index in [1.54, 1.807) is 39.8 Å². The first-order valence-electron chi connectivity index (χ1n) is 7.84. The number of carbonyl (C=O) groups is 2. The Morgan fingerprint density at radius 3 is 2.58 bits per heavy atom. The second-order valence-corrected chi connectivity index (χ2v) is 6.62. The number of amides is 2. The first kappa shape index (κ1) is 20.1. The monoisotopic (exact) mass is 356 g/mol. The molecule has 7 heteroatoms. The lowest BCUT2D eigenvalue weighted by molar-refractivity contribution is 0.0516. The third kappa shape index (κ3) is 8.06. The summed E-state index contributed by atoms with van der Waals surface area (Å²) in [5, 5.41) is 3.23. The van der Waals surface area contributed by atoms with Gasteiger partial charge in [-0.25, -0.2) is 9.59 Å². The van der Waals surface area contributed by atoms with Gasteiger partial charge in [0.15, 0.2) is 0 Å². The molecule has 6 nitrogen and oxygen atoms in total. The number of carbonyl (C=O) groups excluding carboxylic acids is 2. The van der Waals surface area contributed by atoms with Crippen LogP contribution in [0.1, 0.15) is 33.3 Å². The Hall–Kier alpha value is -1.95. The van der Waals surface area contributed by atoms with Crippen LogP contribution in [0, 0.1) is 0 Å². The van der Waals surface area contributed by atoms with E-state index in [1.165, 1.54) is 4.90 Å². The van der Waals surface area contributed by atoms with Crippen molar-refractivity contribution in [1.29, 1.82) is 0 Å². The van der Waals surface area contributed by atoms with E-state index in [-0.39, 0.29) is 13.2 Å². The average Bonchev–Trinajstić information content (AvgIpc) is 2.44. The largest absolute Gasteiger partial charge is 0.450 e. The van der Waals surface area contributed by atoms with Gasteiger partial charge in [0.2, 0.25) is 0 Å². The summed E-state index contributed by atoms with van der Waals surface area (Å²) in [6.45, 7) is 8.29. The molecule has 1 aromatic rings. The molecule has 0 saturated heterocycles. The molecule has 24 heavy (non-hydrogen) atoms. The van der Waals surface area contributed by atoms with Gasteiger partial charge in [-0.3, -0.25) is 0 Å². The van der Waals surface area contributed by atoms with E-state index in [4.69, 9.17) is 21.1 Å². The molecule has 0 fully saturated rings. The quantitative estimate of drug-likeness (QED) is 0.841. The van der Waals surface area contributed by atoms with Gasteiger partial charge in [-0.2, -0.15) is 0 Å². The smallest absolute Gasteiger partial charge is 0.410 e. The van der Waals surface area contributed by atoms with Crippen LogP contribution in [0.15, 0.2) is 24.3 Å². The molecule has 1 N–H and O–H groups in total. The third-order valence-corrected chi connectivity index (χ3v) is 3.07. The fourth-order valence-electron chi connectivity index (χ4n) is 1.91. The molecule has 0 radical (unpaired) electrons. The lowest BCUT2D eigenvalue weighted by Gasteiger charge is -2.23. The standard InChI is InChI=1S/C17H25ClN2O4/c1-5-23-16(22)20(12-13-7-6-8-14(18)11-13)10-9-19-15(21)24-17(2,3)4/h6-8,11H,5,9-10,12H2,1-4H3,(H,19,21). The van der Waals surface area contributed by atoms with Crippen molar-refractivity contribution in [2.24, 2.45) is 0 Å². The van der Waals surface area contributed by atoms with Gasteiger partial charge in [0.25, 0.3) is 0 Å². The normalized spacial score (nSPS) is 10.9. The molecule has 0 saturated carbocycles. The van der Waals surface area contributed by atoms with Crippen LogP contribution in [-0.2, 0) is 16.0 Å². The van der Waals surface area contributed by atoms with E-state index in [2.05, 4.69) is 5.32 Å². The van der Waals surface area contributed by atoms with Gasteiger partial charge in [0.05, 0.1) is 6.61 Å². The highest BCUT2D eigenvalue weighted by molar-refractivity contribution is 6.30. The number of rotatable bonds is 6. The van der Waals surface area contributed by atoms with Crippen molar-refractivity contribution in [1.82, 2.24) is 10.2 Å². The van der Waals surface area contributed by atoms with Crippen LogP contribution in [-0.4, -0.2) is 42.4 Å². The SMILES string of the molecule is CCOC(=O)N(CCNC(=O)OC(C)(C)C)Cc1cccc(Cl)c1. The van der Waals surface area contributed by atoms with Gasteiger partial charge in [0, 0.05) is 24.7 Å². The summed E-state index contributed by atoms with van der Waals surface area (Å²) in [5.41, 5.74) is 0.318. The molecule has 0 unspecified atom stereocenters. The van der Waals surface area contributed by atoms with Gasteiger partial charge < -0.3 is 19.7 Å². The van der Waals surface area contributed by atoms with E-state index in [0.29, 0.717) is 18.1 Å². The highest BCUT2D eigenvalue weighted by atomic mass is 35.5. The van der Waals surface area contributed by atoms with Crippen molar-refractivity contribution in [2.45, 2.75) is 39.8 Å². The molecule has 1 aromatic carbocycles. The lowest BCUT2D eigenvalue weighted by Crippen LogP contribution is -2.40. The molecule has 0 aromatic heterocycles. The van der Waals surface area contributed by atoms with E-state index in [9.17, 15) is 9.59 Å². The molecule has 0 heterocycles. The number of ether oxygens (including phenoxy) is 2. The molecule has 0 aliphatic heterocycles. The molecular weight excluding hydrogens is 332 g/mol. The van der Waals surface area contributed by atoms with Crippen LogP contribution in [0.2, 0.25) is 5.02 Å². The number of benzene rings is 1. The summed E-state index contributed by atoms with van der Waals surface area (Å²) >= 11 is 5.97. The summed E-state index contributed by atoms with van der Waals surface area (Å²) in [6.07, 6.45) is -0.961. The van der Waals surface area contributed by atoms with E-state index >= 15 is 0 Å². The van der Waals surface area contributed by atoms with Crippen molar-refractivity contribution >= 4 is 23.8 Å². The van der Waals surface area contributed by atoms with Crippen molar-refractivity contribution in [2.75, 3.05) is 19.7 Å². The van der Waals surface area contributed by atoms with Crippen LogP contribution in [0.3, 0.4) is 0 Å². The summed E-state index contributed by atoms with van der Waals surface area (Å²) < 4.78 is 10.2. The molecule has 1 rings (SSSR count). The molecule has 0 aliphatic carbocycles. The first-order chi connectivity index (χ1) is 11.2. The number of hydrogen-bond donors (Lipinski definition) is 1. The van der Waals surface area contributed by atoms with Crippen LogP contribution < -0.4 is 5.32 Å². The minimum Gasteiger partial charge on any atom is -0.450 e. The van der Waals surface area contributed by atoms with Crippen LogP contribution in [0.4, 0.5) is 9.59 Å². The predicted molar refractivity (Wildman–Crippen MR) is 93.1 cm³/mol. The Balaban J connectivity index is 2.60. The first-order valence-corrected chi connectivity index (χ1v) is 8.22. The van der Waals surface area contributed by atoms with Gasteiger partial charge in [-0.15, -0.1) is 0 Å². The summed E-state index contributed by atoms with van der Waals surface area (Å²) in [4.78, 5) is 25.2. The zero-order valence-corrected chi connectivity index (χ0v) is 15.4. The summed E-state index contributed by atoms with van der Waals surface area (Å²) in [5.74, 6) is 0. The third-order valence-electron chi connectivity index (χ3n) is 2.84. The van der Waals surface area contributed by atoms with E-state index in [0.717, 1.165) is 5.56 Å². The van der Waals surface area contributed by atoms with Crippen molar-refractivity contribution in [3.05, 3.63) is 34.9 Å². The second-order valence-electron chi connectivity index (χ2n) is 6.18. The number of halogens is 1. The van der Waals surface area contributed by atoms with Crippen molar-refractivity contribution in [3.8, 4) is 0 Å². The van der Waals surface area contributed by atoms with E-state index < -0.39 is 17.8 Å². The number of alkyl carbamates (subject to hydrolysis) is 1. The van der Waals surface area contributed by atoms with Crippen molar-refractivity contribution in [3.63, 3.8) is 0 Å². The molecule has 0 bridgehead atoms. The molecule has 0 atom stereocenters. The maximum Gasteiger partial charge on any atom is 0.410 e. The zero-order chi connectivity index (χ0) is 18.2. The minimum absolute atomic E-state index is 0.258. The highest BCUT2D eigenvalue weighted by Crippen LogP contribution is 2.13. The maximum absolute atomic E-state index is 12.1. The Labute approximate surface area is 148 Å². The Morgan fingerprint density at radius 1 is 1.29 bits per heavy atom.